The van der Waals surface area contributed by atoms with E-state index in [1.54, 1.807) is 4.68 Å². The summed E-state index contributed by atoms with van der Waals surface area (Å²) in [7, 11) is 0. The molecule has 1 saturated heterocycles. The first-order valence-electron chi connectivity index (χ1n) is 7.26. The lowest BCUT2D eigenvalue weighted by Gasteiger charge is -2.30. The molecule has 1 aromatic rings. The molecule has 1 aliphatic rings. The molecule has 2 unspecified atom stereocenters. The summed E-state index contributed by atoms with van der Waals surface area (Å²) in [6, 6.07) is 2.45. The van der Waals surface area contributed by atoms with Gasteiger partial charge in [0.05, 0.1) is 5.69 Å². The van der Waals surface area contributed by atoms with Crippen molar-refractivity contribution in [2.24, 2.45) is 0 Å². The molecule has 19 heavy (non-hydrogen) atoms. The Bertz CT molecular complexity index is 441. The highest BCUT2D eigenvalue weighted by Crippen LogP contribution is 2.11. The van der Waals surface area contributed by atoms with Gasteiger partial charge in [-0.05, 0) is 45.7 Å². The molecule has 2 atom stereocenters. The molecule has 1 amide bonds. The molecule has 1 fully saturated rings. The van der Waals surface area contributed by atoms with Crippen LogP contribution in [-0.4, -0.2) is 34.3 Å². The van der Waals surface area contributed by atoms with Crippen molar-refractivity contribution < 1.29 is 4.79 Å². The first kappa shape index (κ1) is 14.1. The van der Waals surface area contributed by atoms with Crippen molar-refractivity contribution >= 4 is 5.91 Å². The summed E-state index contributed by atoms with van der Waals surface area (Å²) in [5.74, 6) is -0.00500. The van der Waals surface area contributed by atoms with Crippen LogP contribution in [0.5, 0.6) is 0 Å². The molecule has 0 aromatic carbocycles. The van der Waals surface area contributed by atoms with E-state index in [0.717, 1.165) is 38.0 Å². The molecule has 1 aliphatic heterocycles. The van der Waals surface area contributed by atoms with Gasteiger partial charge in [0.2, 0.25) is 0 Å². The van der Waals surface area contributed by atoms with Crippen LogP contribution in [0.4, 0.5) is 0 Å². The van der Waals surface area contributed by atoms with Crippen molar-refractivity contribution in [1.82, 2.24) is 20.4 Å². The van der Waals surface area contributed by atoms with Gasteiger partial charge in [0.15, 0.2) is 0 Å². The monoisotopic (exact) mass is 264 g/mol. The standard InChI is InChI=1S/C14H24N4O/c1-4-11-9-13(18(5-2)17-11)14(19)16-12-7-6-8-15-10(12)3/h9-10,12,15H,4-8H2,1-3H3,(H,16,19). The fourth-order valence-corrected chi connectivity index (χ4v) is 2.55. The maximum atomic E-state index is 12.4. The Labute approximate surface area is 114 Å². The number of hydrogen-bond acceptors (Lipinski definition) is 3. The van der Waals surface area contributed by atoms with Crippen LogP contribution in [0.25, 0.3) is 0 Å². The lowest BCUT2D eigenvalue weighted by atomic mass is 10.00. The van der Waals surface area contributed by atoms with Gasteiger partial charge >= 0.3 is 0 Å². The Hall–Kier alpha value is -1.36. The maximum absolute atomic E-state index is 12.4. The SMILES string of the molecule is CCc1cc(C(=O)NC2CCCNC2C)n(CC)n1. The predicted octanol–water partition coefficient (Wildman–Crippen LogP) is 1.34. The second-order valence-corrected chi connectivity index (χ2v) is 5.16. The van der Waals surface area contributed by atoms with Crippen LogP contribution in [0.1, 0.15) is 49.8 Å². The molecule has 0 spiro atoms. The third-order valence-electron chi connectivity index (χ3n) is 3.80. The molecule has 106 valence electrons. The summed E-state index contributed by atoms with van der Waals surface area (Å²) in [6.45, 7) is 7.95. The van der Waals surface area contributed by atoms with Crippen LogP contribution in [0, 0.1) is 0 Å². The van der Waals surface area contributed by atoms with E-state index < -0.39 is 0 Å². The second kappa shape index (κ2) is 6.19. The first-order chi connectivity index (χ1) is 9.15. The van der Waals surface area contributed by atoms with Gasteiger partial charge in [-0.3, -0.25) is 9.48 Å². The molecular weight excluding hydrogens is 240 g/mol. The van der Waals surface area contributed by atoms with E-state index in [2.05, 4.69) is 29.6 Å². The second-order valence-electron chi connectivity index (χ2n) is 5.16. The van der Waals surface area contributed by atoms with E-state index in [4.69, 9.17) is 0 Å². The minimum absolute atomic E-state index is 0.00500. The van der Waals surface area contributed by atoms with E-state index in [9.17, 15) is 4.79 Å². The van der Waals surface area contributed by atoms with Gasteiger partial charge < -0.3 is 10.6 Å². The molecule has 1 aromatic heterocycles. The summed E-state index contributed by atoms with van der Waals surface area (Å²) in [5.41, 5.74) is 1.65. The molecule has 0 saturated carbocycles. The molecule has 2 heterocycles. The topological polar surface area (TPSA) is 59.0 Å². The van der Waals surface area contributed by atoms with E-state index in [0.29, 0.717) is 11.7 Å². The van der Waals surface area contributed by atoms with Crippen LogP contribution >= 0.6 is 0 Å². The molecule has 2 rings (SSSR count). The zero-order chi connectivity index (χ0) is 13.8. The molecule has 5 nitrogen and oxygen atoms in total. The molecule has 5 heteroatoms. The quantitative estimate of drug-likeness (QED) is 0.862. The minimum atomic E-state index is -0.00500. The Kier molecular flexibility index (Phi) is 4.58. The van der Waals surface area contributed by atoms with Gasteiger partial charge in [0.1, 0.15) is 5.69 Å². The molecule has 0 aliphatic carbocycles. The van der Waals surface area contributed by atoms with Crippen LogP contribution in [-0.2, 0) is 13.0 Å². The van der Waals surface area contributed by atoms with Crippen molar-refractivity contribution in [3.8, 4) is 0 Å². The summed E-state index contributed by atoms with van der Waals surface area (Å²) in [5, 5.41) is 11.0. The lowest BCUT2D eigenvalue weighted by Crippen LogP contribution is -2.52. The predicted molar refractivity (Wildman–Crippen MR) is 75.2 cm³/mol. The van der Waals surface area contributed by atoms with Crippen LogP contribution in [0.3, 0.4) is 0 Å². The van der Waals surface area contributed by atoms with Crippen molar-refractivity contribution in [3.05, 3.63) is 17.5 Å². The first-order valence-corrected chi connectivity index (χ1v) is 7.26. The van der Waals surface area contributed by atoms with E-state index >= 15 is 0 Å². The summed E-state index contributed by atoms with van der Waals surface area (Å²) < 4.78 is 1.79. The van der Waals surface area contributed by atoms with Crippen LogP contribution < -0.4 is 10.6 Å². The number of nitrogens with zero attached hydrogens (tertiary/aromatic N) is 2. The average molecular weight is 264 g/mol. The third-order valence-corrected chi connectivity index (χ3v) is 3.80. The van der Waals surface area contributed by atoms with Gasteiger partial charge in [-0.1, -0.05) is 6.92 Å². The number of aromatic nitrogens is 2. The molecule has 0 bridgehead atoms. The summed E-state index contributed by atoms with van der Waals surface area (Å²) in [4.78, 5) is 12.4. The van der Waals surface area contributed by atoms with Gasteiger partial charge in [0.25, 0.3) is 5.91 Å². The van der Waals surface area contributed by atoms with Gasteiger partial charge in [-0.15, -0.1) is 0 Å². The van der Waals surface area contributed by atoms with Crippen LogP contribution in [0.2, 0.25) is 0 Å². The highest BCUT2D eigenvalue weighted by atomic mass is 16.2. The number of carbonyl (C=O) groups excluding carboxylic acids is 1. The lowest BCUT2D eigenvalue weighted by molar-refractivity contribution is 0.0909. The fourth-order valence-electron chi connectivity index (χ4n) is 2.55. The number of carbonyl (C=O) groups is 1. The minimum Gasteiger partial charge on any atom is -0.346 e. The number of hydrogen-bond donors (Lipinski definition) is 2. The van der Waals surface area contributed by atoms with E-state index in [-0.39, 0.29) is 11.9 Å². The van der Waals surface area contributed by atoms with Gasteiger partial charge in [-0.2, -0.15) is 5.10 Å². The van der Waals surface area contributed by atoms with Crippen molar-refractivity contribution in [3.63, 3.8) is 0 Å². The molecule has 2 N–H and O–H groups in total. The third kappa shape index (κ3) is 3.15. The highest BCUT2D eigenvalue weighted by molar-refractivity contribution is 5.93. The number of nitrogens with one attached hydrogen (secondary N) is 2. The Morgan fingerprint density at radius 2 is 2.37 bits per heavy atom. The average Bonchev–Trinajstić information content (AvgIpc) is 2.84. The smallest absolute Gasteiger partial charge is 0.269 e. The van der Waals surface area contributed by atoms with Gasteiger partial charge in [0, 0.05) is 18.6 Å². The maximum Gasteiger partial charge on any atom is 0.269 e. The fraction of sp³-hybridized carbons (Fsp3) is 0.714. The molecular formula is C14H24N4O. The van der Waals surface area contributed by atoms with Crippen LogP contribution in [0.15, 0.2) is 6.07 Å². The Balaban J connectivity index is 2.08. The summed E-state index contributed by atoms with van der Waals surface area (Å²) in [6.07, 6.45) is 3.01. The Morgan fingerprint density at radius 1 is 1.58 bits per heavy atom. The van der Waals surface area contributed by atoms with Crippen molar-refractivity contribution in [2.45, 2.75) is 58.7 Å². The number of aryl methyl sites for hydroxylation is 2. The van der Waals surface area contributed by atoms with Gasteiger partial charge in [-0.25, -0.2) is 0 Å². The Morgan fingerprint density at radius 3 is 3.00 bits per heavy atom. The normalized spacial score (nSPS) is 23.3. The largest absolute Gasteiger partial charge is 0.346 e. The zero-order valence-electron chi connectivity index (χ0n) is 12.1. The molecule has 0 radical (unpaired) electrons. The van der Waals surface area contributed by atoms with Crippen molar-refractivity contribution in [2.75, 3.05) is 6.54 Å². The van der Waals surface area contributed by atoms with Crippen molar-refractivity contribution in [1.29, 1.82) is 0 Å². The number of piperidine rings is 1. The highest BCUT2D eigenvalue weighted by Gasteiger charge is 2.24. The summed E-state index contributed by atoms with van der Waals surface area (Å²) >= 11 is 0. The zero-order valence-corrected chi connectivity index (χ0v) is 12.1. The number of rotatable bonds is 4. The van der Waals surface area contributed by atoms with E-state index in [1.165, 1.54) is 0 Å². The van der Waals surface area contributed by atoms with E-state index in [1.807, 2.05) is 13.0 Å². The number of amides is 1.